The number of halogens is 1. The lowest BCUT2D eigenvalue weighted by atomic mass is 10.1. The van der Waals surface area contributed by atoms with Gasteiger partial charge in [-0.15, -0.1) is 0 Å². The molecule has 0 aliphatic carbocycles. The van der Waals surface area contributed by atoms with E-state index < -0.39 is 5.82 Å². The first-order chi connectivity index (χ1) is 9.20. The van der Waals surface area contributed by atoms with Crippen LogP contribution in [0.5, 0.6) is 5.75 Å². The lowest BCUT2D eigenvalue weighted by Gasteiger charge is -2.09. The molecular formula is C14H18FNO3. The molecule has 0 unspecified atom stereocenters. The van der Waals surface area contributed by atoms with Crippen molar-refractivity contribution in [1.29, 1.82) is 0 Å². The average Bonchev–Trinajstić information content (AvgIpc) is 2.91. The quantitative estimate of drug-likeness (QED) is 0.887. The van der Waals surface area contributed by atoms with Gasteiger partial charge >= 0.3 is 0 Å². The third-order valence-corrected chi connectivity index (χ3v) is 3.28. The fourth-order valence-electron chi connectivity index (χ4n) is 2.11. The van der Waals surface area contributed by atoms with Crippen molar-refractivity contribution in [2.75, 3.05) is 26.9 Å². The van der Waals surface area contributed by atoms with Gasteiger partial charge in [0, 0.05) is 25.3 Å². The Balaban J connectivity index is 1.83. The third kappa shape index (κ3) is 3.67. The maximum Gasteiger partial charge on any atom is 0.251 e. The van der Waals surface area contributed by atoms with Crippen molar-refractivity contribution in [2.24, 2.45) is 5.92 Å². The van der Waals surface area contributed by atoms with Crippen LogP contribution in [0.4, 0.5) is 4.39 Å². The van der Waals surface area contributed by atoms with E-state index in [1.54, 1.807) is 6.07 Å². The summed E-state index contributed by atoms with van der Waals surface area (Å²) in [6.07, 6.45) is 1.94. The molecule has 104 valence electrons. The summed E-state index contributed by atoms with van der Waals surface area (Å²) in [6, 6.07) is 4.19. The molecule has 19 heavy (non-hydrogen) atoms. The fourth-order valence-corrected chi connectivity index (χ4v) is 2.11. The second-order valence-electron chi connectivity index (χ2n) is 4.62. The van der Waals surface area contributed by atoms with Gasteiger partial charge < -0.3 is 14.8 Å². The van der Waals surface area contributed by atoms with Crippen molar-refractivity contribution < 1.29 is 18.7 Å². The number of hydrogen-bond acceptors (Lipinski definition) is 3. The van der Waals surface area contributed by atoms with Gasteiger partial charge in [0.1, 0.15) is 0 Å². The van der Waals surface area contributed by atoms with Crippen molar-refractivity contribution in [3.05, 3.63) is 29.6 Å². The Hall–Kier alpha value is -1.62. The standard InChI is InChI=1S/C14H18FNO3/c1-18-13-3-2-11(8-12(13)15)14(17)16-6-4-10-5-7-19-9-10/h2-3,8,10H,4-7,9H2,1H3,(H,16,17)/t10-/m0/s1. The van der Waals surface area contributed by atoms with Crippen molar-refractivity contribution in [3.63, 3.8) is 0 Å². The fraction of sp³-hybridized carbons (Fsp3) is 0.500. The van der Waals surface area contributed by atoms with Crippen molar-refractivity contribution >= 4 is 5.91 Å². The van der Waals surface area contributed by atoms with E-state index in [1.165, 1.54) is 19.2 Å². The van der Waals surface area contributed by atoms with E-state index in [2.05, 4.69) is 5.32 Å². The lowest BCUT2D eigenvalue weighted by molar-refractivity contribution is 0.0950. The van der Waals surface area contributed by atoms with Gasteiger partial charge in [-0.25, -0.2) is 4.39 Å². The molecule has 0 radical (unpaired) electrons. The summed E-state index contributed by atoms with van der Waals surface area (Å²) in [4.78, 5) is 11.8. The molecule has 2 rings (SSSR count). The lowest BCUT2D eigenvalue weighted by Crippen LogP contribution is -2.26. The number of carbonyl (C=O) groups is 1. The maximum absolute atomic E-state index is 13.5. The highest BCUT2D eigenvalue weighted by Gasteiger charge is 2.16. The molecule has 1 aliphatic rings. The SMILES string of the molecule is COc1ccc(C(=O)NCC[C@H]2CCOC2)cc1F. The van der Waals surface area contributed by atoms with Crippen molar-refractivity contribution in [3.8, 4) is 5.75 Å². The maximum atomic E-state index is 13.5. The molecule has 1 aliphatic heterocycles. The summed E-state index contributed by atoms with van der Waals surface area (Å²) in [5, 5.41) is 2.79. The van der Waals surface area contributed by atoms with Gasteiger partial charge in [0.2, 0.25) is 0 Å². The van der Waals surface area contributed by atoms with Gasteiger partial charge in [-0.1, -0.05) is 0 Å². The number of hydrogen-bond donors (Lipinski definition) is 1. The second-order valence-corrected chi connectivity index (χ2v) is 4.62. The Morgan fingerprint density at radius 3 is 3.05 bits per heavy atom. The first-order valence-electron chi connectivity index (χ1n) is 6.40. The van der Waals surface area contributed by atoms with Crippen LogP contribution in [0.2, 0.25) is 0 Å². The van der Waals surface area contributed by atoms with Gasteiger partial charge in [-0.3, -0.25) is 4.79 Å². The van der Waals surface area contributed by atoms with Gasteiger partial charge in [0.05, 0.1) is 7.11 Å². The predicted octanol–water partition coefficient (Wildman–Crippen LogP) is 1.99. The molecule has 0 bridgehead atoms. The summed E-state index contributed by atoms with van der Waals surface area (Å²) in [6.45, 7) is 2.16. The minimum Gasteiger partial charge on any atom is -0.494 e. The van der Waals surface area contributed by atoms with Crippen LogP contribution < -0.4 is 10.1 Å². The molecule has 4 nitrogen and oxygen atoms in total. The van der Waals surface area contributed by atoms with Gasteiger partial charge in [0.15, 0.2) is 11.6 Å². The summed E-state index contributed by atoms with van der Waals surface area (Å²) < 4.78 is 23.5. The normalized spacial score (nSPS) is 18.3. The first kappa shape index (κ1) is 13.8. The van der Waals surface area contributed by atoms with Crippen LogP contribution in [0.15, 0.2) is 18.2 Å². The van der Waals surface area contributed by atoms with Gasteiger partial charge in [0.25, 0.3) is 5.91 Å². The van der Waals surface area contributed by atoms with E-state index in [9.17, 15) is 9.18 Å². The zero-order chi connectivity index (χ0) is 13.7. The van der Waals surface area contributed by atoms with E-state index in [0.717, 1.165) is 26.1 Å². The largest absolute Gasteiger partial charge is 0.494 e. The summed E-state index contributed by atoms with van der Waals surface area (Å²) in [5.41, 5.74) is 0.306. The topological polar surface area (TPSA) is 47.6 Å². The Morgan fingerprint density at radius 2 is 2.42 bits per heavy atom. The molecule has 1 fully saturated rings. The number of benzene rings is 1. The Labute approximate surface area is 111 Å². The monoisotopic (exact) mass is 267 g/mol. The molecule has 1 atom stereocenters. The Morgan fingerprint density at radius 1 is 1.58 bits per heavy atom. The predicted molar refractivity (Wildman–Crippen MR) is 68.8 cm³/mol. The molecule has 1 heterocycles. The Kier molecular flexibility index (Phi) is 4.74. The minimum absolute atomic E-state index is 0.139. The number of methoxy groups -OCH3 is 1. The average molecular weight is 267 g/mol. The third-order valence-electron chi connectivity index (χ3n) is 3.28. The van der Waals surface area contributed by atoms with Crippen LogP contribution in [-0.2, 0) is 4.74 Å². The summed E-state index contributed by atoms with van der Waals surface area (Å²) in [7, 11) is 1.39. The number of ether oxygens (including phenoxy) is 2. The summed E-state index contributed by atoms with van der Waals surface area (Å²) in [5.74, 6) is -0.132. The smallest absolute Gasteiger partial charge is 0.251 e. The molecule has 1 aromatic rings. The van der Waals surface area contributed by atoms with E-state index in [-0.39, 0.29) is 11.7 Å². The zero-order valence-electron chi connectivity index (χ0n) is 10.9. The molecule has 1 N–H and O–H groups in total. The van der Waals surface area contributed by atoms with Crippen LogP contribution in [0.3, 0.4) is 0 Å². The van der Waals surface area contributed by atoms with Crippen LogP contribution in [0.25, 0.3) is 0 Å². The number of amides is 1. The molecule has 1 saturated heterocycles. The van der Waals surface area contributed by atoms with Gasteiger partial charge in [-0.05, 0) is 37.0 Å². The molecule has 0 aromatic heterocycles. The molecule has 0 spiro atoms. The first-order valence-corrected chi connectivity index (χ1v) is 6.40. The van der Waals surface area contributed by atoms with Crippen LogP contribution >= 0.6 is 0 Å². The van der Waals surface area contributed by atoms with Crippen molar-refractivity contribution in [1.82, 2.24) is 5.32 Å². The molecule has 1 aromatic carbocycles. The van der Waals surface area contributed by atoms with E-state index in [1.807, 2.05) is 0 Å². The Bertz CT molecular complexity index is 444. The molecular weight excluding hydrogens is 249 g/mol. The van der Waals surface area contributed by atoms with Crippen LogP contribution in [0.1, 0.15) is 23.2 Å². The van der Waals surface area contributed by atoms with Gasteiger partial charge in [-0.2, -0.15) is 0 Å². The van der Waals surface area contributed by atoms with E-state index in [4.69, 9.17) is 9.47 Å². The summed E-state index contributed by atoms with van der Waals surface area (Å²) >= 11 is 0. The van der Waals surface area contributed by atoms with Crippen LogP contribution in [0, 0.1) is 11.7 Å². The number of rotatable bonds is 5. The highest BCUT2D eigenvalue weighted by molar-refractivity contribution is 5.94. The number of carbonyl (C=O) groups excluding carboxylic acids is 1. The van der Waals surface area contributed by atoms with E-state index in [0.29, 0.717) is 18.0 Å². The number of nitrogens with one attached hydrogen (secondary N) is 1. The van der Waals surface area contributed by atoms with E-state index >= 15 is 0 Å². The molecule has 0 saturated carbocycles. The van der Waals surface area contributed by atoms with Crippen molar-refractivity contribution in [2.45, 2.75) is 12.8 Å². The molecule has 5 heteroatoms. The van der Waals surface area contributed by atoms with Crippen LogP contribution in [-0.4, -0.2) is 32.8 Å². The minimum atomic E-state index is -0.528. The zero-order valence-corrected chi connectivity index (χ0v) is 10.9. The second kappa shape index (κ2) is 6.52. The highest BCUT2D eigenvalue weighted by atomic mass is 19.1. The highest BCUT2D eigenvalue weighted by Crippen LogP contribution is 2.18. The molecule has 1 amide bonds.